The number of carbonyl (C=O) groups is 1. The molecule has 0 saturated carbocycles. The van der Waals surface area contributed by atoms with E-state index < -0.39 is 5.97 Å². The summed E-state index contributed by atoms with van der Waals surface area (Å²) in [6.45, 7) is 3.12. The van der Waals surface area contributed by atoms with Crippen LogP contribution in [0.2, 0.25) is 0 Å². The second kappa shape index (κ2) is 6.68. The van der Waals surface area contributed by atoms with Gasteiger partial charge in [0, 0.05) is 38.6 Å². The molecule has 4 rings (SSSR count). The molecule has 0 atom stereocenters. The molecule has 6 nitrogen and oxygen atoms in total. The summed E-state index contributed by atoms with van der Waals surface area (Å²) < 4.78 is 15.3. The van der Waals surface area contributed by atoms with E-state index in [1.165, 1.54) is 30.0 Å². The van der Waals surface area contributed by atoms with Crippen molar-refractivity contribution in [1.82, 2.24) is 19.4 Å². The number of carboxylic acids is 1. The van der Waals surface area contributed by atoms with Gasteiger partial charge in [-0.05, 0) is 35.4 Å². The van der Waals surface area contributed by atoms with E-state index in [4.69, 9.17) is 5.11 Å². The van der Waals surface area contributed by atoms with Crippen LogP contribution in [0.1, 0.15) is 21.5 Å². The van der Waals surface area contributed by atoms with E-state index in [0.29, 0.717) is 11.4 Å². The molecule has 0 amide bonds. The van der Waals surface area contributed by atoms with Crippen molar-refractivity contribution in [2.45, 2.75) is 19.6 Å². The van der Waals surface area contributed by atoms with Crippen LogP contribution in [0.5, 0.6) is 0 Å². The van der Waals surface area contributed by atoms with Crippen LogP contribution in [0.3, 0.4) is 0 Å². The van der Waals surface area contributed by atoms with Gasteiger partial charge in [-0.3, -0.25) is 9.88 Å². The number of carboxylic acid groups (broad SMARTS) is 1. The maximum atomic E-state index is 13.3. The van der Waals surface area contributed by atoms with Crippen LogP contribution in [0.4, 0.5) is 4.39 Å². The number of halogens is 1. The van der Waals surface area contributed by atoms with E-state index in [1.807, 2.05) is 16.8 Å². The van der Waals surface area contributed by atoms with Gasteiger partial charge in [0.05, 0.1) is 17.6 Å². The van der Waals surface area contributed by atoms with Crippen LogP contribution in [-0.2, 0) is 19.6 Å². The molecule has 0 saturated heterocycles. The third-order valence-corrected chi connectivity index (χ3v) is 4.53. The third kappa shape index (κ3) is 3.34. The summed E-state index contributed by atoms with van der Waals surface area (Å²) in [5.74, 6) is -1.18. The fourth-order valence-electron chi connectivity index (χ4n) is 3.17. The van der Waals surface area contributed by atoms with Crippen molar-refractivity contribution in [2.24, 2.45) is 0 Å². The van der Waals surface area contributed by atoms with Crippen LogP contribution < -0.4 is 0 Å². The highest BCUT2D eigenvalue weighted by molar-refractivity contribution is 5.88. The summed E-state index contributed by atoms with van der Waals surface area (Å²) in [4.78, 5) is 21.8. The molecule has 0 radical (unpaired) electrons. The van der Waals surface area contributed by atoms with Crippen LogP contribution in [-0.4, -0.2) is 37.1 Å². The number of rotatable bonds is 5. The minimum atomic E-state index is -0.988. The average molecular weight is 352 g/mol. The van der Waals surface area contributed by atoms with Crippen molar-refractivity contribution < 1.29 is 14.3 Å². The van der Waals surface area contributed by atoms with E-state index >= 15 is 0 Å². The van der Waals surface area contributed by atoms with Crippen molar-refractivity contribution in [3.05, 3.63) is 71.6 Å². The first-order valence-corrected chi connectivity index (χ1v) is 8.29. The monoisotopic (exact) mass is 352 g/mol. The predicted octanol–water partition coefficient (Wildman–Crippen LogP) is 2.80. The van der Waals surface area contributed by atoms with Crippen molar-refractivity contribution >= 4 is 5.97 Å². The zero-order valence-corrected chi connectivity index (χ0v) is 14.0. The Morgan fingerprint density at radius 1 is 1.08 bits per heavy atom. The van der Waals surface area contributed by atoms with E-state index in [9.17, 15) is 9.18 Å². The Morgan fingerprint density at radius 3 is 2.77 bits per heavy atom. The van der Waals surface area contributed by atoms with Gasteiger partial charge >= 0.3 is 5.97 Å². The topological polar surface area (TPSA) is 71.2 Å². The Kier molecular flexibility index (Phi) is 4.22. The largest absolute Gasteiger partial charge is 0.478 e. The first-order chi connectivity index (χ1) is 12.6. The number of aromatic carboxylic acids is 1. The molecule has 3 heterocycles. The van der Waals surface area contributed by atoms with Gasteiger partial charge in [0.15, 0.2) is 0 Å². The minimum Gasteiger partial charge on any atom is -0.478 e. The molecule has 7 heteroatoms. The summed E-state index contributed by atoms with van der Waals surface area (Å²) >= 11 is 0. The van der Waals surface area contributed by atoms with Gasteiger partial charge in [0.25, 0.3) is 0 Å². The average Bonchev–Trinajstić information content (AvgIpc) is 3.26. The van der Waals surface area contributed by atoms with Crippen LogP contribution in [0, 0.1) is 5.82 Å². The zero-order chi connectivity index (χ0) is 18.1. The number of fused-ring (bicyclic) bond motifs is 1. The van der Waals surface area contributed by atoms with Gasteiger partial charge in [-0.1, -0.05) is 6.07 Å². The van der Waals surface area contributed by atoms with Gasteiger partial charge in [0.2, 0.25) is 0 Å². The number of aromatic nitrogens is 3. The van der Waals surface area contributed by atoms with Gasteiger partial charge in [0.1, 0.15) is 11.5 Å². The molecular weight excluding hydrogens is 335 g/mol. The molecule has 0 spiro atoms. The molecule has 2 aromatic heterocycles. The molecule has 0 unspecified atom stereocenters. The van der Waals surface area contributed by atoms with Crippen LogP contribution in [0.15, 0.2) is 49.1 Å². The van der Waals surface area contributed by atoms with Crippen LogP contribution >= 0.6 is 0 Å². The van der Waals surface area contributed by atoms with E-state index in [1.54, 1.807) is 12.4 Å². The van der Waals surface area contributed by atoms with Crippen molar-refractivity contribution in [2.75, 3.05) is 6.54 Å². The van der Waals surface area contributed by atoms with Gasteiger partial charge < -0.3 is 9.67 Å². The summed E-state index contributed by atoms with van der Waals surface area (Å²) in [6.07, 6.45) is 5.04. The quantitative estimate of drug-likeness (QED) is 0.764. The van der Waals surface area contributed by atoms with E-state index in [0.717, 1.165) is 31.7 Å². The molecule has 1 aliphatic rings. The number of pyridine rings is 1. The number of benzene rings is 1. The predicted molar refractivity (Wildman–Crippen MR) is 92.9 cm³/mol. The molecule has 0 aliphatic carbocycles. The highest BCUT2D eigenvalue weighted by Gasteiger charge is 2.19. The van der Waals surface area contributed by atoms with Gasteiger partial charge in [-0.2, -0.15) is 0 Å². The molecule has 132 valence electrons. The lowest BCUT2D eigenvalue weighted by Gasteiger charge is -2.14. The lowest BCUT2D eigenvalue weighted by molar-refractivity contribution is 0.0697. The first-order valence-electron chi connectivity index (χ1n) is 8.29. The Balaban J connectivity index is 1.40. The number of imidazole rings is 1. The van der Waals surface area contributed by atoms with E-state index in [2.05, 4.69) is 14.9 Å². The van der Waals surface area contributed by atoms with Gasteiger partial charge in [-0.15, -0.1) is 0 Å². The Labute approximate surface area is 149 Å². The fourth-order valence-corrected chi connectivity index (χ4v) is 3.17. The summed E-state index contributed by atoms with van der Waals surface area (Å²) in [7, 11) is 0. The molecule has 3 aromatic rings. The second-order valence-electron chi connectivity index (χ2n) is 6.36. The van der Waals surface area contributed by atoms with Crippen molar-refractivity contribution in [1.29, 1.82) is 0 Å². The summed E-state index contributed by atoms with van der Waals surface area (Å²) in [5.41, 5.74) is 3.58. The third-order valence-electron chi connectivity index (χ3n) is 4.53. The van der Waals surface area contributed by atoms with Crippen LogP contribution in [0.25, 0.3) is 11.4 Å². The number of hydrogen-bond acceptors (Lipinski definition) is 4. The highest BCUT2D eigenvalue weighted by Crippen LogP contribution is 2.23. The second-order valence-corrected chi connectivity index (χ2v) is 6.36. The molecular formula is C19H17FN4O2. The van der Waals surface area contributed by atoms with Gasteiger partial charge in [-0.25, -0.2) is 14.2 Å². The van der Waals surface area contributed by atoms with Crippen molar-refractivity contribution in [3.8, 4) is 11.4 Å². The number of hydrogen-bond donors (Lipinski definition) is 1. The number of nitrogens with zero attached hydrogens (tertiary/aromatic N) is 4. The van der Waals surface area contributed by atoms with Crippen molar-refractivity contribution in [3.63, 3.8) is 0 Å². The zero-order valence-electron chi connectivity index (χ0n) is 14.0. The smallest absolute Gasteiger partial charge is 0.335 e. The molecule has 1 N–H and O–H groups in total. The molecule has 0 fully saturated rings. The lowest BCUT2D eigenvalue weighted by Crippen LogP contribution is -2.21. The Bertz CT molecular complexity index is 970. The molecule has 0 bridgehead atoms. The van der Waals surface area contributed by atoms with E-state index in [-0.39, 0.29) is 11.4 Å². The lowest BCUT2D eigenvalue weighted by atomic mass is 10.1. The fraction of sp³-hybridized carbons (Fsp3) is 0.211. The summed E-state index contributed by atoms with van der Waals surface area (Å²) in [5, 5.41) is 9.08. The SMILES string of the molecule is O=C(O)c1ccnc(-c2cn(CCN3Cc4ccc(F)cc4C3)cn2)c1. The maximum absolute atomic E-state index is 13.3. The minimum absolute atomic E-state index is 0.187. The normalized spacial score (nSPS) is 13.7. The molecule has 26 heavy (non-hydrogen) atoms. The first kappa shape index (κ1) is 16.4. The Hall–Kier alpha value is -3.06. The highest BCUT2D eigenvalue weighted by atomic mass is 19.1. The maximum Gasteiger partial charge on any atom is 0.335 e. The molecule has 1 aliphatic heterocycles. The Morgan fingerprint density at radius 2 is 1.92 bits per heavy atom. The summed E-state index contributed by atoms with van der Waals surface area (Å²) in [6, 6.07) is 7.92. The standard InChI is InChI=1S/C19H17FN4O2/c20-16-2-1-14-9-23(10-15(14)7-16)5-6-24-11-18(22-12-24)17-8-13(19(25)26)3-4-21-17/h1-4,7-8,11-12H,5-6,9-10H2,(H,25,26). The molecule has 1 aromatic carbocycles.